The summed E-state index contributed by atoms with van der Waals surface area (Å²) in [7, 11) is 0. The Balaban J connectivity index is 1.47. The smallest absolute Gasteiger partial charge is 0.319 e. The molecule has 2 aliphatic rings. The first-order valence-corrected chi connectivity index (χ1v) is 12.2. The standard InChI is InChI=1S/C27H27N3O2S/c1-19-7-6-10-22(15-19)17-28-26(32)30-13-14-33-27(30)23-16-20(2)11-12-24(23)29(25(27)31)18-21-8-4-3-5-9-21/h3-12,15-16H,13-14,17-18H2,1-2H3,(H,28,32). The maximum absolute atomic E-state index is 14.0. The van der Waals surface area contributed by atoms with Crippen molar-refractivity contribution in [3.63, 3.8) is 0 Å². The van der Waals surface area contributed by atoms with E-state index < -0.39 is 4.87 Å². The van der Waals surface area contributed by atoms with Crippen LogP contribution in [0, 0.1) is 13.8 Å². The molecule has 1 spiro atoms. The molecule has 168 valence electrons. The molecule has 6 heteroatoms. The Hall–Kier alpha value is -3.25. The van der Waals surface area contributed by atoms with Gasteiger partial charge in [0.2, 0.25) is 0 Å². The highest BCUT2D eigenvalue weighted by molar-refractivity contribution is 8.01. The van der Waals surface area contributed by atoms with Gasteiger partial charge >= 0.3 is 6.03 Å². The fourth-order valence-corrected chi connectivity index (χ4v) is 6.20. The molecule has 0 aromatic heterocycles. The van der Waals surface area contributed by atoms with Gasteiger partial charge in [-0.3, -0.25) is 9.69 Å². The maximum atomic E-state index is 14.0. The van der Waals surface area contributed by atoms with Crippen LogP contribution in [0.2, 0.25) is 0 Å². The van der Waals surface area contributed by atoms with E-state index in [-0.39, 0.29) is 11.9 Å². The number of urea groups is 1. The molecule has 3 amide bonds. The Morgan fingerprint density at radius 1 is 0.970 bits per heavy atom. The van der Waals surface area contributed by atoms with Crippen LogP contribution in [-0.4, -0.2) is 29.1 Å². The van der Waals surface area contributed by atoms with Crippen LogP contribution in [0.15, 0.2) is 72.8 Å². The zero-order valence-corrected chi connectivity index (χ0v) is 19.7. The molecule has 1 fully saturated rings. The molecule has 0 saturated carbocycles. The van der Waals surface area contributed by atoms with Gasteiger partial charge in [0.25, 0.3) is 5.91 Å². The largest absolute Gasteiger partial charge is 0.334 e. The zero-order chi connectivity index (χ0) is 23.0. The van der Waals surface area contributed by atoms with E-state index in [2.05, 4.69) is 17.4 Å². The van der Waals surface area contributed by atoms with Gasteiger partial charge in [0, 0.05) is 24.4 Å². The van der Waals surface area contributed by atoms with E-state index in [4.69, 9.17) is 0 Å². The van der Waals surface area contributed by atoms with E-state index in [1.807, 2.05) is 79.4 Å². The van der Waals surface area contributed by atoms with Crippen LogP contribution in [0.3, 0.4) is 0 Å². The lowest BCUT2D eigenvalue weighted by Crippen LogP contribution is -2.53. The van der Waals surface area contributed by atoms with E-state index in [0.717, 1.165) is 39.3 Å². The van der Waals surface area contributed by atoms with Crippen LogP contribution >= 0.6 is 11.8 Å². The van der Waals surface area contributed by atoms with Crippen molar-refractivity contribution in [3.05, 3.63) is 101 Å². The highest BCUT2D eigenvalue weighted by Crippen LogP contribution is 2.54. The molecule has 0 aliphatic carbocycles. The van der Waals surface area contributed by atoms with Gasteiger partial charge in [0.1, 0.15) is 0 Å². The highest BCUT2D eigenvalue weighted by Gasteiger charge is 2.59. The number of thioether (sulfide) groups is 1. The lowest BCUT2D eigenvalue weighted by Gasteiger charge is -2.33. The average Bonchev–Trinajstić information content (AvgIpc) is 3.35. The Kier molecular flexibility index (Phi) is 5.62. The summed E-state index contributed by atoms with van der Waals surface area (Å²) < 4.78 is 0. The van der Waals surface area contributed by atoms with Crippen LogP contribution in [0.25, 0.3) is 0 Å². The zero-order valence-electron chi connectivity index (χ0n) is 18.9. The normalized spacial score (nSPS) is 19.3. The third-order valence-corrected chi connectivity index (χ3v) is 7.72. The second-order valence-corrected chi connectivity index (χ2v) is 9.98. The minimum atomic E-state index is -1.02. The van der Waals surface area contributed by atoms with E-state index in [0.29, 0.717) is 19.6 Å². The SMILES string of the molecule is Cc1cccc(CNC(=O)N2CCSC23C(=O)N(Cc2ccccc2)c2ccc(C)cc23)c1. The van der Waals surface area contributed by atoms with Crippen LogP contribution < -0.4 is 10.2 Å². The number of nitrogens with zero attached hydrogens (tertiary/aromatic N) is 2. The number of carbonyl (C=O) groups is 2. The number of benzene rings is 3. The van der Waals surface area contributed by atoms with E-state index in [1.54, 1.807) is 16.7 Å². The number of nitrogens with one attached hydrogen (secondary N) is 1. The van der Waals surface area contributed by atoms with E-state index in [9.17, 15) is 9.59 Å². The molecule has 1 atom stereocenters. The number of anilines is 1. The van der Waals surface area contributed by atoms with Crippen molar-refractivity contribution >= 4 is 29.4 Å². The third kappa shape index (κ3) is 3.78. The predicted octanol–water partition coefficient (Wildman–Crippen LogP) is 4.96. The number of fused-ring (bicyclic) bond motifs is 2. The van der Waals surface area contributed by atoms with Crippen molar-refractivity contribution in [1.82, 2.24) is 10.2 Å². The van der Waals surface area contributed by atoms with E-state index >= 15 is 0 Å². The van der Waals surface area contributed by atoms with Gasteiger partial charge in [0.15, 0.2) is 4.87 Å². The molecule has 3 aromatic rings. The lowest BCUT2D eigenvalue weighted by molar-refractivity contribution is -0.123. The van der Waals surface area contributed by atoms with Crippen LogP contribution in [0.4, 0.5) is 10.5 Å². The van der Waals surface area contributed by atoms with Crippen LogP contribution in [-0.2, 0) is 22.8 Å². The van der Waals surface area contributed by atoms with Gasteiger partial charge in [-0.05, 0) is 31.0 Å². The molecule has 1 unspecified atom stereocenters. The molecule has 5 rings (SSSR count). The molecule has 33 heavy (non-hydrogen) atoms. The molecule has 0 radical (unpaired) electrons. The first kappa shape index (κ1) is 21.6. The first-order chi connectivity index (χ1) is 16.0. The van der Waals surface area contributed by atoms with Crippen molar-refractivity contribution in [2.75, 3.05) is 17.2 Å². The Morgan fingerprint density at radius 2 is 1.73 bits per heavy atom. The molecule has 1 saturated heterocycles. The summed E-state index contributed by atoms with van der Waals surface area (Å²) in [5.41, 5.74) is 6.14. The van der Waals surface area contributed by atoms with Gasteiger partial charge < -0.3 is 10.2 Å². The maximum Gasteiger partial charge on any atom is 0.319 e. The van der Waals surface area contributed by atoms with Crippen molar-refractivity contribution in [2.24, 2.45) is 0 Å². The summed E-state index contributed by atoms with van der Waals surface area (Å²) in [4.78, 5) is 30.0. The molecule has 0 bridgehead atoms. The Morgan fingerprint density at radius 3 is 2.52 bits per heavy atom. The minimum absolute atomic E-state index is 0.0415. The molecule has 2 heterocycles. The minimum Gasteiger partial charge on any atom is -0.334 e. The Labute approximate surface area is 198 Å². The number of hydrogen-bond acceptors (Lipinski definition) is 3. The molecular formula is C27H27N3O2S. The summed E-state index contributed by atoms with van der Waals surface area (Å²) in [6.45, 7) is 5.51. The fourth-order valence-electron chi connectivity index (χ4n) is 4.75. The topological polar surface area (TPSA) is 52.7 Å². The fraction of sp³-hybridized carbons (Fsp3) is 0.259. The highest BCUT2D eigenvalue weighted by atomic mass is 32.2. The molecule has 3 aromatic carbocycles. The van der Waals surface area contributed by atoms with E-state index in [1.165, 1.54) is 0 Å². The number of amides is 3. The van der Waals surface area contributed by atoms with Crippen molar-refractivity contribution in [2.45, 2.75) is 31.8 Å². The second-order valence-electron chi connectivity index (χ2n) is 8.69. The average molecular weight is 458 g/mol. The summed E-state index contributed by atoms with van der Waals surface area (Å²) in [5.74, 6) is 0.677. The summed E-state index contributed by atoms with van der Waals surface area (Å²) >= 11 is 1.56. The first-order valence-electron chi connectivity index (χ1n) is 11.2. The monoisotopic (exact) mass is 457 g/mol. The van der Waals surface area contributed by atoms with Crippen molar-refractivity contribution < 1.29 is 9.59 Å². The Bertz CT molecular complexity index is 1210. The quantitative estimate of drug-likeness (QED) is 0.602. The number of rotatable bonds is 4. The van der Waals surface area contributed by atoms with Crippen molar-refractivity contribution in [3.8, 4) is 0 Å². The third-order valence-electron chi connectivity index (χ3n) is 6.30. The lowest BCUT2D eigenvalue weighted by atomic mass is 10.0. The summed E-state index contributed by atoms with van der Waals surface area (Å²) in [6, 6.07) is 24.0. The summed E-state index contributed by atoms with van der Waals surface area (Å²) in [5, 5.41) is 3.05. The van der Waals surface area contributed by atoms with Crippen LogP contribution in [0.1, 0.15) is 27.8 Å². The van der Waals surface area contributed by atoms with Crippen LogP contribution in [0.5, 0.6) is 0 Å². The van der Waals surface area contributed by atoms with Gasteiger partial charge in [-0.15, -0.1) is 11.8 Å². The summed E-state index contributed by atoms with van der Waals surface area (Å²) in [6.07, 6.45) is 0. The second kappa shape index (κ2) is 8.60. The van der Waals surface area contributed by atoms with Gasteiger partial charge in [-0.2, -0.15) is 0 Å². The molecule has 1 N–H and O–H groups in total. The molecule has 5 nitrogen and oxygen atoms in total. The number of hydrogen-bond donors (Lipinski definition) is 1. The molecule has 2 aliphatic heterocycles. The predicted molar refractivity (Wildman–Crippen MR) is 133 cm³/mol. The van der Waals surface area contributed by atoms with Gasteiger partial charge in [-0.25, -0.2) is 4.79 Å². The van der Waals surface area contributed by atoms with Gasteiger partial charge in [-0.1, -0.05) is 77.9 Å². The number of carbonyl (C=O) groups excluding carboxylic acids is 2. The molecular weight excluding hydrogens is 430 g/mol. The number of aryl methyl sites for hydroxylation is 2. The van der Waals surface area contributed by atoms with Crippen molar-refractivity contribution in [1.29, 1.82) is 0 Å². The van der Waals surface area contributed by atoms with Gasteiger partial charge in [0.05, 0.1) is 12.2 Å².